The lowest BCUT2D eigenvalue weighted by Crippen LogP contribution is -2.30. The second kappa shape index (κ2) is 8.51. The molecule has 0 aliphatic heterocycles. The maximum atomic E-state index is 9.18. The van der Waals surface area contributed by atoms with Crippen LogP contribution in [0.3, 0.4) is 0 Å². The number of allylic oxidation sites excluding steroid dienone is 1. The number of hydrogen-bond donors (Lipinski definition) is 0. The molecular weight excluding hydrogens is 201 g/mol. The van der Waals surface area contributed by atoms with Crippen LogP contribution in [0.5, 0.6) is 0 Å². The van der Waals surface area contributed by atoms with E-state index < -0.39 is 8.25 Å². The first-order valence-corrected chi connectivity index (χ1v) is 5.03. The summed E-state index contributed by atoms with van der Waals surface area (Å²) in [6.45, 7) is 4.52. The van der Waals surface area contributed by atoms with E-state index >= 15 is 0 Å². The van der Waals surface area contributed by atoms with Gasteiger partial charge in [0.25, 0.3) is 0 Å². The summed E-state index contributed by atoms with van der Waals surface area (Å²) in [6, 6.07) is 6.01. The van der Waals surface area contributed by atoms with E-state index in [0.717, 1.165) is 13.7 Å². The fraction of sp³-hybridized carbons (Fsp3) is 0.222. The zero-order valence-corrected chi connectivity index (χ0v) is 8.89. The minimum Gasteiger partial charge on any atom is -0.566 e. The maximum absolute atomic E-state index is 9.18. The fourth-order valence-electron chi connectivity index (χ4n) is 0.705. The molecule has 0 amide bonds. The number of nitrogens with zero attached hydrogens (tertiary/aromatic N) is 1. The number of rotatable bonds is 3. The average Bonchev–Trinajstić information content (AvgIpc) is 2.21. The maximum Gasteiger partial charge on any atom is 0.488 e. The van der Waals surface area contributed by atoms with Crippen molar-refractivity contribution in [1.82, 2.24) is 0 Å². The monoisotopic (exact) mass is 214 g/mol. The molecule has 0 aliphatic rings. The van der Waals surface area contributed by atoms with Gasteiger partial charge in [-0.25, -0.2) is 4.57 Å². The van der Waals surface area contributed by atoms with Crippen molar-refractivity contribution in [3.8, 4) is 0 Å². The SMILES string of the molecule is C=CC[n+]1ccccc1.CO[P+](=O)[O-]. The number of pyridine rings is 1. The summed E-state index contributed by atoms with van der Waals surface area (Å²) in [6.07, 6.45) is 5.91. The summed E-state index contributed by atoms with van der Waals surface area (Å²) in [4.78, 5) is 9.18. The molecule has 5 heteroatoms. The lowest BCUT2D eigenvalue weighted by molar-refractivity contribution is -0.687. The third kappa shape index (κ3) is 7.55. The van der Waals surface area contributed by atoms with Gasteiger partial charge >= 0.3 is 8.25 Å². The van der Waals surface area contributed by atoms with E-state index in [0.29, 0.717) is 0 Å². The first-order chi connectivity index (χ1) is 6.70. The minimum absolute atomic E-state index is 0.890. The van der Waals surface area contributed by atoms with Crippen LogP contribution in [0.4, 0.5) is 0 Å². The molecule has 1 rings (SSSR count). The lowest BCUT2D eigenvalue weighted by Gasteiger charge is -1.86. The fourth-order valence-corrected chi connectivity index (χ4v) is 0.705. The van der Waals surface area contributed by atoms with Gasteiger partial charge in [-0.05, 0) is 10.6 Å². The van der Waals surface area contributed by atoms with E-state index in [2.05, 4.69) is 15.7 Å². The van der Waals surface area contributed by atoms with Crippen LogP contribution < -0.4 is 9.46 Å². The van der Waals surface area contributed by atoms with Crippen molar-refractivity contribution in [2.45, 2.75) is 6.54 Å². The van der Waals surface area contributed by atoms with Gasteiger partial charge in [-0.1, -0.05) is 12.6 Å². The van der Waals surface area contributed by atoms with Crippen LogP contribution in [0.25, 0.3) is 0 Å². The smallest absolute Gasteiger partial charge is 0.488 e. The molecule has 0 saturated heterocycles. The molecule has 14 heavy (non-hydrogen) atoms. The van der Waals surface area contributed by atoms with Crippen molar-refractivity contribution in [2.24, 2.45) is 0 Å². The Bertz CT molecular complexity index is 277. The normalized spacial score (nSPS) is 9.71. The van der Waals surface area contributed by atoms with Crippen molar-refractivity contribution >= 4 is 8.25 Å². The molecule has 1 aromatic heterocycles. The zero-order valence-electron chi connectivity index (χ0n) is 8.00. The van der Waals surface area contributed by atoms with Gasteiger partial charge in [0, 0.05) is 12.1 Å². The van der Waals surface area contributed by atoms with Gasteiger partial charge in [0.1, 0.15) is 0 Å². The molecule has 1 atom stereocenters. The van der Waals surface area contributed by atoms with E-state index in [-0.39, 0.29) is 0 Å². The Kier molecular flexibility index (Phi) is 7.84. The summed E-state index contributed by atoms with van der Waals surface area (Å²) in [5, 5.41) is 0. The molecule has 0 saturated carbocycles. The molecule has 0 aromatic carbocycles. The molecule has 4 nitrogen and oxygen atoms in total. The van der Waals surface area contributed by atoms with E-state index in [1.54, 1.807) is 0 Å². The Morgan fingerprint density at radius 1 is 1.50 bits per heavy atom. The number of aromatic nitrogens is 1. The largest absolute Gasteiger partial charge is 0.566 e. The molecule has 1 heterocycles. The quantitative estimate of drug-likeness (QED) is 0.425. The van der Waals surface area contributed by atoms with Crippen LogP contribution in [-0.2, 0) is 15.6 Å². The highest BCUT2D eigenvalue weighted by Crippen LogP contribution is 2.02. The highest BCUT2D eigenvalue weighted by Gasteiger charge is 1.88. The average molecular weight is 214 g/mol. The van der Waals surface area contributed by atoms with E-state index in [9.17, 15) is 9.46 Å². The van der Waals surface area contributed by atoms with Gasteiger partial charge < -0.3 is 4.89 Å². The zero-order chi connectivity index (χ0) is 10.8. The Morgan fingerprint density at radius 3 is 2.36 bits per heavy atom. The first kappa shape index (κ1) is 12.9. The molecule has 0 N–H and O–H groups in total. The summed E-state index contributed by atoms with van der Waals surface area (Å²) in [5.74, 6) is 0. The first-order valence-electron chi connectivity index (χ1n) is 3.94. The van der Waals surface area contributed by atoms with Crippen molar-refractivity contribution in [3.63, 3.8) is 0 Å². The Hall–Kier alpha value is -1.09. The van der Waals surface area contributed by atoms with Gasteiger partial charge in [0.05, 0.1) is 7.11 Å². The summed E-state index contributed by atoms with van der Waals surface area (Å²) >= 11 is 0. The van der Waals surface area contributed by atoms with E-state index in [1.165, 1.54) is 0 Å². The Balaban J connectivity index is 0.000000292. The van der Waals surface area contributed by atoms with Gasteiger partial charge in [0.2, 0.25) is 0 Å². The van der Waals surface area contributed by atoms with Gasteiger partial charge in [-0.3, -0.25) is 0 Å². The number of hydrogen-bond acceptors (Lipinski definition) is 3. The predicted octanol–water partition coefficient (Wildman–Crippen LogP) is 0.811. The molecule has 0 spiro atoms. The van der Waals surface area contributed by atoms with Crippen molar-refractivity contribution < 1.29 is 18.5 Å². The van der Waals surface area contributed by atoms with Gasteiger partial charge in [-0.2, -0.15) is 4.52 Å². The van der Waals surface area contributed by atoms with Crippen molar-refractivity contribution in [1.29, 1.82) is 0 Å². The van der Waals surface area contributed by atoms with Crippen LogP contribution >= 0.6 is 8.25 Å². The Labute approximate surface area is 84.4 Å². The van der Waals surface area contributed by atoms with Crippen molar-refractivity contribution in [2.75, 3.05) is 7.11 Å². The highest BCUT2D eigenvalue weighted by atomic mass is 31.1. The van der Waals surface area contributed by atoms with Crippen molar-refractivity contribution in [3.05, 3.63) is 43.2 Å². The molecule has 0 aliphatic carbocycles. The van der Waals surface area contributed by atoms with Gasteiger partial charge in [0.15, 0.2) is 18.9 Å². The second-order valence-corrected chi connectivity index (χ2v) is 3.08. The molecule has 0 fully saturated rings. The Morgan fingerprint density at radius 2 is 2.00 bits per heavy atom. The van der Waals surface area contributed by atoms with Gasteiger partial charge in [-0.15, -0.1) is 0 Å². The van der Waals surface area contributed by atoms with Crippen LogP contribution in [0, 0.1) is 0 Å². The highest BCUT2D eigenvalue weighted by molar-refractivity contribution is 7.30. The molecule has 0 bridgehead atoms. The standard InChI is InChI=1S/C8H10N.CH3O3P/c1-2-6-9-7-4-3-5-8-9;1-4-5(2)3/h2-5,7-8H,1,6H2;1H3/q+1;. The molecule has 1 aromatic rings. The molecular formula is C9H13NO3P+. The minimum atomic E-state index is -2.60. The van der Waals surface area contributed by atoms with E-state index in [1.807, 2.05) is 36.7 Å². The second-order valence-electron chi connectivity index (χ2n) is 2.27. The van der Waals surface area contributed by atoms with Crippen LogP contribution in [-0.4, -0.2) is 7.11 Å². The topological polar surface area (TPSA) is 53.2 Å². The van der Waals surface area contributed by atoms with Crippen LogP contribution in [0.1, 0.15) is 0 Å². The predicted molar refractivity (Wildman–Crippen MR) is 51.4 cm³/mol. The molecule has 1 unspecified atom stereocenters. The van der Waals surface area contributed by atoms with Crippen LogP contribution in [0.15, 0.2) is 43.2 Å². The van der Waals surface area contributed by atoms with E-state index in [4.69, 9.17) is 0 Å². The summed E-state index contributed by atoms with van der Waals surface area (Å²) < 4.78 is 14.9. The summed E-state index contributed by atoms with van der Waals surface area (Å²) in [7, 11) is -1.50. The van der Waals surface area contributed by atoms with Crippen LogP contribution in [0.2, 0.25) is 0 Å². The summed E-state index contributed by atoms with van der Waals surface area (Å²) in [5.41, 5.74) is 0. The lowest BCUT2D eigenvalue weighted by atomic mass is 10.5. The molecule has 0 radical (unpaired) electrons. The molecule has 76 valence electrons. The third-order valence-electron chi connectivity index (χ3n) is 1.27. The third-order valence-corrected chi connectivity index (χ3v) is 1.56.